The largest absolute Gasteiger partial charge is 0.450 e. The minimum Gasteiger partial charge on any atom is -0.450 e. The predicted octanol–water partition coefficient (Wildman–Crippen LogP) is 2.59. The summed E-state index contributed by atoms with van der Waals surface area (Å²) in [6.45, 7) is 6.15. The molecule has 4 nitrogen and oxygen atoms in total. The number of amides is 1. The van der Waals surface area contributed by atoms with E-state index in [1.165, 1.54) is 32.1 Å². The van der Waals surface area contributed by atoms with Gasteiger partial charge in [0.1, 0.15) is 0 Å². The van der Waals surface area contributed by atoms with Gasteiger partial charge in [-0.15, -0.1) is 0 Å². The van der Waals surface area contributed by atoms with E-state index in [-0.39, 0.29) is 6.09 Å². The quantitative estimate of drug-likeness (QED) is 0.784. The van der Waals surface area contributed by atoms with Crippen molar-refractivity contribution in [2.45, 2.75) is 45.1 Å². The van der Waals surface area contributed by atoms with E-state index in [0.717, 1.165) is 55.9 Å². The van der Waals surface area contributed by atoms with E-state index >= 15 is 0 Å². The lowest BCUT2D eigenvalue weighted by Gasteiger charge is -2.58. The predicted molar refractivity (Wildman–Crippen MR) is 81.0 cm³/mol. The topological polar surface area (TPSA) is 32.8 Å². The average molecular weight is 292 g/mol. The summed E-state index contributed by atoms with van der Waals surface area (Å²) in [7, 11) is 0. The van der Waals surface area contributed by atoms with E-state index in [4.69, 9.17) is 4.74 Å². The van der Waals surface area contributed by atoms with Crippen LogP contribution in [0.3, 0.4) is 0 Å². The molecule has 0 aromatic carbocycles. The second-order valence-corrected chi connectivity index (χ2v) is 7.64. The van der Waals surface area contributed by atoms with E-state index < -0.39 is 0 Å². The summed E-state index contributed by atoms with van der Waals surface area (Å²) in [6.07, 6.45) is 7.33. The SMILES string of the molecule is CCOC(=O)N1CCN(C2C3CC4CC(C3)CC2C4)CC1. The molecule has 0 atom stereocenters. The lowest BCUT2D eigenvalue weighted by atomic mass is 9.54. The molecule has 5 fully saturated rings. The van der Waals surface area contributed by atoms with Crippen molar-refractivity contribution < 1.29 is 9.53 Å². The summed E-state index contributed by atoms with van der Waals surface area (Å²) < 4.78 is 5.12. The molecule has 0 spiro atoms. The van der Waals surface area contributed by atoms with Crippen molar-refractivity contribution in [2.24, 2.45) is 23.7 Å². The van der Waals surface area contributed by atoms with Crippen LogP contribution in [-0.2, 0) is 4.74 Å². The summed E-state index contributed by atoms with van der Waals surface area (Å²) in [4.78, 5) is 16.4. The smallest absolute Gasteiger partial charge is 0.409 e. The molecular weight excluding hydrogens is 264 g/mol. The zero-order chi connectivity index (χ0) is 14.4. The number of rotatable bonds is 2. The van der Waals surface area contributed by atoms with Crippen LogP contribution in [0.15, 0.2) is 0 Å². The molecule has 0 radical (unpaired) electrons. The number of piperazine rings is 1. The van der Waals surface area contributed by atoms with Crippen LogP contribution in [0.2, 0.25) is 0 Å². The molecule has 5 rings (SSSR count). The first-order chi connectivity index (χ1) is 10.2. The van der Waals surface area contributed by atoms with Gasteiger partial charge in [-0.2, -0.15) is 0 Å². The normalized spacial score (nSPS) is 42.3. The molecule has 4 heteroatoms. The van der Waals surface area contributed by atoms with Crippen molar-refractivity contribution in [3.8, 4) is 0 Å². The van der Waals surface area contributed by atoms with Crippen LogP contribution in [0.1, 0.15) is 39.0 Å². The maximum Gasteiger partial charge on any atom is 0.409 e. The second kappa shape index (κ2) is 5.45. The van der Waals surface area contributed by atoms with E-state index in [2.05, 4.69) is 4.90 Å². The molecule has 1 heterocycles. The summed E-state index contributed by atoms with van der Waals surface area (Å²) in [6, 6.07) is 0.821. The Labute approximate surface area is 127 Å². The van der Waals surface area contributed by atoms with Gasteiger partial charge in [0.15, 0.2) is 0 Å². The molecule has 1 saturated heterocycles. The lowest BCUT2D eigenvalue weighted by molar-refractivity contribution is -0.0752. The molecule has 0 unspecified atom stereocenters. The lowest BCUT2D eigenvalue weighted by Crippen LogP contribution is -2.60. The standard InChI is InChI=1S/C17H28N2O2/c1-2-21-17(20)19-5-3-18(4-6-19)16-14-8-12-7-13(10-14)11-15(16)9-12/h12-16H,2-11H2,1H3. The molecule has 5 aliphatic rings. The van der Waals surface area contributed by atoms with Gasteiger partial charge in [0, 0.05) is 32.2 Å². The molecule has 1 aliphatic heterocycles. The summed E-state index contributed by atoms with van der Waals surface area (Å²) in [5.74, 6) is 4.00. The highest BCUT2D eigenvalue weighted by atomic mass is 16.6. The second-order valence-electron chi connectivity index (χ2n) is 7.64. The van der Waals surface area contributed by atoms with Gasteiger partial charge in [-0.25, -0.2) is 4.79 Å². The maximum atomic E-state index is 11.8. The third kappa shape index (κ3) is 2.45. The Morgan fingerprint density at radius 1 is 0.952 bits per heavy atom. The van der Waals surface area contributed by atoms with Crippen LogP contribution in [-0.4, -0.2) is 54.7 Å². The Morgan fingerprint density at radius 2 is 1.52 bits per heavy atom. The molecule has 4 aliphatic carbocycles. The summed E-state index contributed by atoms with van der Waals surface area (Å²) >= 11 is 0. The van der Waals surface area contributed by atoms with Crippen LogP contribution in [0.25, 0.3) is 0 Å². The van der Waals surface area contributed by atoms with Crippen molar-refractivity contribution in [3.63, 3.8) is 0 Å². The zero-order valence-electron chi connectivity index (χ0n) is 13.2. The Kier molecular flexibility index (Phi) is 3.60. The van der Waals surface area contributed by atoms with Gasteiger partial charge >= 0.3 is 6.09 Å². The Bertz CT molecular complexity index is 376. The number of hydrogen-bond donors (Lipinski definition) is 0. The molecular formula is C17H28N2O2. The van der Waals surface area contributed by atoms with E-state index in [1.807, 2.05) is 11.8 Å². The van der Waals surface area contributed by atoms with Crippen molar-refractivity contribution >= 4 is 6.09 Å². The van der Waals surface area contributed by atoms with Gasteiger partial charge in [-0.1, -0.05) is 0 Å². The van der Waals surface area contributed by atoms with E-state index in [1.54, 1.807) is 0 Å². The van der Waals surface area contributed by atoms with Crippen LogP contribution >= 0.6 is 0 Å². The molecule has 118 valence electrons. The molecule has 4 bridgehead atoms. The van der Waals surface area contributed by atoms with Crippen LogP contribution in [0.5, 0.6) is 0 Å². The molecule has 0 aromatic rings. The monoisotopic (exact) mass is 292 g/mol. The van der Waals surface area contributed by atoms with Crippen LogP contribution in [0, 0.1) is 23.7 Å². The van der Waals surface area contributed by atoms with Gasteiger partial charge in [0.25, 0.3) is 0 Å². The van der Waals surface area contributed by atoms with Gasteiger partial charge in [0.05, 0.1) is 6.61 Å². The summed E-state index contributed by atoms with van der Waals surface area (Å²) in [5, 5.41) is 0. The number of carbonyl (C=O) groups is 1. The molecule has 21 heavy (non-hydrogen) atoms. The number of ether oxygens (including phenoxy) is 1. The minimum atomic E-state index is -0.123. The third-order valence-corrected chi connectivity index (χ3v) is 6.44. The molecule has 0 N–H and O–H groups in total. The number of hydrogen-bond acceptors (Lipinski definition) is 3. The van der Waals surface area contributed by atoms with E-state index in [9.17, 15) is 4.79 Å². The van der Waals surface area contributed by atoms with Gasteiger partial charge in [-0.05, 0) is 62.7 Å². The average Bonchev–Trinajstić information content (AvgIpc) is 2.47. The highest BCUT2D eigenvalue weighted by Crippen LogP contribution is 2.55. The van der Waals surface area contributed by atoms with Crippen LogP contribution < -0.4 is 0 Å². The molecule has 0 aromatic heterocycles. The Morgan fingerprint density at radius 3 is 2.05 bits per heavy atom. The fourth-order valence-electron chi connectivity index (χ4n) is 5.91. The number of nitrogens with zero attached hydrogens (tertiary/aromatic N) is 2. The summed E-state index contributed by atoms with van der Waals surface area (Å²) in [5.41, 5.74) is 0. The van der Waals surface area contributed by atoms with Crippen molar-refractivity contribution in [2.75, 3.05) is 32.8 Å². The van der Waals surface area contributed by atoms with Gasteiger partial charge < -0.3 is 9.64 Å². The minimum absolute atomic E-state index is 0.123. The van der Waals surface area contributed by atoms with E-state index in [0.29, 0.717) is 6.61 Å². The van der Waals surface area contributed by atoms with Crippen molar-refractivity contribution in [1.29, 1.82) is 0 Å². The fourth-order valence-corrected chi connectivity index (χ4v) is 5.91. The molecule has 1 amide bonds. The highest BCUT2D eigenvalue weighted by molar-refractivity contribution is 5.67. The first-order valence-corrected chi connectivity index (χ1v) is 8.90. The maximum absolute atomic E-state index is 11.8. The third-order valence-electron chi connectivity index (χ3n) is 6.44. The highest BCUT2D eigenvalue weighted by Gasteiger charge is 2.50. The Balaban J connectivity index is 1.37. The van der Waals surface area contributed by atoms with Crippen molar-refractivity contribution in [3.05, 3.63) is 0 Å². The van der Waals surface area contributed by atoms with Gasteiger partial charge in [0.2, 0.25) is 0 Å². The van der Waals surface area contributed by atoms with Crippen LogP contribution in [0.4, 0.5) is 4.79 Å². The van der Waals surface area contributed by atoms with Gasteiger partial charge in [-0.3, -0.25) is 4.90 Å². The first-order valence-electron chi connectivity index (χ1n) is 8.90. The molecule has 4 saturated carbocycles. The zero-order valence-corrected chi connectivity index (χ0v) is 13.2. The Hall–Kier alpha value is -0.770. The fraction of sp³-hybridized carbons (Fsp3) is 0.941. The van der Waals surface area contributed by atoms with Crippen molar-refractivity contribution in [1.82, 2.24) is 9.80 Å². The first kappa shape index (κ1) is 13.9. The number of carbonyl (C=O) groups excluding carboxylic acids is 1.